The fourth-order valence-corrected chi connectivity index (χ4v) is 3.18. The topological polar surface area (TPSA) is 84.4 Å². The molecule has 1 aliphatic rings. The quantitative estimate of drug-likeness (QED) is 0.877. The number of nitrogens with one attached hydrogen (secondary N) is 1. The van der Waals surface area contributed by atoms with Gasteiger partial charge in [0, 0.05) is 25.2 Å². The summed E-state index contributed by atoms with van der Waals surface area (Å²) < 4.78 is 5.95. The number of carbonyl (C=O) groups is 2. The molecule has 3 rings (SSSR count). The molecule has 1 aliphatic heterocycles. The van der Waals surface area contributed by atoms with Crippen LogP contribution in [0.2, 0.25) is 0 Å². The van der Waals surface area contributed by atoms with Gasteiger partial charge in [-0.3, -0.25) is 9.59 Å². The second-order valence-electron chi connectivity index (χ2n) is 6.73. The minimum atomic E-state index is -0.222. The van der Waals surface area contributed by atoms with Gasteiger partial charge in [-0.1, -0.05) is 18.2 Å². The van der Waals surface area contributed by atoms with Crippen molar-refractivity contribution in [1.29, 1.82) is 0 Å². The average molecular weight is 368 g/mol. The predicted molar refractivity (Wildman–Crippen MR) is 100 cm³/mol. The lowest BCUT2D eigenvalue weighted by molar-refractivity contribution is -0.133. The van der Waals surface area contributed by atoms with Crippen molar-refractivity contribution in [2.75, 3.05) is 13.1 Å². The van der Waals surface area contributed by atoms with Crippen LogP contribution in [0.15, 0.2) is 30.3 Å². The molecule has 1 aromatic heterocycles. The van der Waals surface area contributed by atoms with Crippen molar-refractivity contribution in [1.82, 2.24) is 20.2 Å². The summed E-state index contributed by atoms with van der Waals surface area (Å²) in [4.78, 5) is 34.4. The number of rotatable bonds is 5. The Labute approximate surface area is 158 Å². The molecule has 1 atom stereocenters. The Bertz CT molecular complexity index is 853. The van der Waals surface area contributed by atoms with Crippen LogP contribution in [0.25, 0.3) is 0 Å². The second kappa shape index (κ2) is 8.16. The van der Waals surface area contributed by atoms with Crippen molar-refractivity contribution < 1.29 is 14.3 Å². The first-order valence-electron chi connectivity index (χ1n) is 9.07. The second-order valence-corrected chi connectivity index (χ2v) is 6.73. The standard InChI is InChI=1S/C20H24N4O3/c1-13-7-4-5-9-17(13)27-18-11-14(2)22-20(23-18)16-8-6-10-24(16)19(26)12-21-15(3)25/h4-5,7,9,11,16H,6,8,10,12H2,1-3H3,(H,21,25)/t16-/m1/s1. The number of benzene rings is 1. The molecule has 0 radical (unpaired) electrons. The molecule has 2 amide bonds. The molecule has 0 aliphatic carbocycles. The largest absolute Gasteiger partial charge is 0.439 e. The van der Waals surface area contributed by atoms with E-state index in [9.17, 15) is 9.59 Å². The van der Waals surface area contributed by atoms with Crippen molar-refractivity contribution in [2.45, 2.75) is 39.7 Å². The minimum absolute atomic E-state index is 0.00971. The molecule has 7 nitrogen and oxygen atoms in total. The van der Waals surface area contributed by atoms with E-state index in [0.29, 0.717) is 18.2 Å². The van der Waals surface area contributed by atoms with Gasteiger partial charge in [0.2, 0.25) is 17.7 Å². The van der Waals surface area contributed by atoms with Gasteiger partial charge in [0.05, 0.1) is 12.6 Å². The highest BCUT2D eigenvalue weighted by molar-refractivity contribution is 5.84. The summed E-state index contributed by atoms with van der Waals surface area (Å²) in [5, 5.41) is 2.56. The Hall–Kier alpha value is -2.96. The van der Waals surface area contributed by atoms with Crippen LogP contribution < -0.4 is 10.1 Å². The molecule has 142 valence electrons. The van der Waals surface area contributed by atoms with E-state index in [-0.39, 0.29) is 24.4 Å². The molecule has 1 fully saturated rings. The van der Waals surface area contributed by atoms with Gasteiger partial charge in [-0.15, -0.1) is 0 Å². The monoisotopic (exact) mass is 368 g/mol. The van der Waals surface area contributed by atoms with Gasteiger partial charge in [-0.2, -0.15) is 4.98 Å². The van der Waals surface area contributed by atoms with Crippen LogP contribution in [0.3, 0.4) is 0 Å². The van der Waals surface area contributed by atoms with Crippen LogP contribution in [0, 0.1) is 13.8 Å². The van der Waals surface area contributed by atoms with Crippen molar-refractivity contribution in [3.05, 3.63) is 47.4 Å². The van der Waals surface area contributed by atoms with Gasteiger partial charge in [0.1, 0.15) is 5.75 Å². The number of likely N-dealkylation sites (tertiary alicyclic amines) is 1. The maximum atomic E-state index is 12.5. The van der Waals surface area contributed by atoms with Crippen LogP contribution in [0.5, 0.6) is 11.6 Å². The highest BCUT2D eigenvalue weighted by atomic mass is 16.5. The highest BCUT2D eigenvalue weighted by Gasteiger charge is 2.32. The van der Waals surface area contributed by atoms with Crippen molar-refractivity contribution in [3.8, 4) is 11.6 Å². The normalized spacial score (nSPS) is 16.3. The summed E-state index contributed by atoms with van der Waals surface area (Å²) in [6.07, 6.45) is 1.67. The van der Waals surface area contributed by atoms with Crippen molar-refractivity contribution >= 4 is 11.8 Å². The molecule has 1 aromatic carbocycles. The van der Waals surface area contributed by atoms with Gasteiger partial charge in [-0.25, -0.2) is 4.98 Å². The number of amides is 2. The third-order valence-corrected chi connectivity index (χ3v) is 4.52. The summed E-state index contributed by atoms with van der Waals surface area (Å²) in [5.41, 5.74) is 1.80. The van der Waals surface area contributed by atoms with Gasteiger partial charge in [-0.05, 0) is 38.3 Å². The first-order valence-corrected chi connectivity index (χ1v) is 9.07. The summed E-state index contributed by atoms with van der Waals surface area (Å²) in [5.74, 6) is 1.44. The van der Waals surface area contributed by atoms with E-state index in [1.807, 2.05) is 38.1 Å². The van der Waals surface area contributed by atoms with Crippen LogP contribution in [0.1, 0.15) is 42.9 Å². The SMILES string of the molecule is CC(=O)NCC(=O)N1CCC[C@@H]1c1nc(C)cc(Oc2ccccc2C)n1. The number of hydrogen-bond donors (Lipinski definition) is 1. The summed E-state index contributed by atoms with van der Waals surface area (Å²) in [7, 11) is 0. The Morgan fingerprint density at radius 3 is 2.78 bits per heavy atom. The Morgan fingerprint density at radius 1 is 1.26 bits per heavy atom. The summed E-state index contributed by atoms with van der Waals surface area (Å²) >= 11 is 0. The molecule has 1 saturated heterocycles. The van der Waals surface area contributed by atoms with E-state index in [1.165, 1.54) is 6.92 Å². The maximum absolute atomic E-state index is 12.5. The zero-order valence-corrected chi connectivity index (χ0v) is 15.9. The first-order chi connectivity index (χ1) is 12.9. The highest BCUT2D eigenvalue weighted by Crippen LogP contribution is 2.32. The average Bonchev–Trinajstić information content (AvgIpc) is 3.11. The van der Waals surface area contributed by atoms with Gasteiger partial charge >= 0.3 is 0 Å². The summed E-state index contributed by atoms with van der Waals surface area (Å²) in [6.45, 7) is 5.88. The zero-order chi connectivity index (χ0) is 19.4. The van der Waals surface area contributed by atoms with Crippen LogP contribution in [0.4, 0.5) is 0 Å². The van der Waals surface area contributed by atoms with Crippen LogP contribution >= 0.6 is 0 Å². The molecule has 2 aromatic rings. The molecular weight excluding hydrogens is 344 g/mol. The smallest absolute Gasteiger partial charge is 0.242 e. The summed E-state index contributed by atoms with van der Waals surface area (Å²) in [6, 6.07) is 9.32. The molecule has 27 heavy (non-hydrogen) atoms. The Balaban J connectivity index is 1.81. The lowest BCUT2D eigenvalue weighted by atomic mass is 10.2. The fraction of sp³-hybridized carbons (Fsp3) is 0.400. The fourth-order valence-electron chi connectivity index (χ4n) is 3.18. The molecule has 0 bridgehead atoms. The van der Waals surface area contributed by atoms with Gasteiger partial charge in [0.25, 0.3) is 0 Å². The van der Waals surface area contributed by atoms with E-state index in [2.05, 4.69) is 15.3 Å². The number of hydrogen-bond acceptors (Lipinski definition) is 5. The number of para-hydroxylation sites is 1. The minimum Gasteiger partial charge on any atom is -0.439 e. The third-order valence-electron chi connectivity index (χ3n) is 4.52. The molecule has 2 heterocycles. The van der Waals surface area contributed by atoms with Gasteiger partial charge < -0.3 is 15.0 Å². The molecule has 0 unspecified atom stereocenters. The first kappa shape index (κ1) is 18.8. The number of ether oxygens (including phenoxy) is 1. The van der Waals surface area contributed by atoms with Gasteiger partial charge in [0.15, 0.2) is 5.82 Å². The lowest BCUT2D eigenvalue weighted by Gasteiger charge is -2.24. The van der Waals surface area contributed by atoms with E-state index in [4.69, 9.17) is 4.74 Å². The lowest BCUT2D eigenvalue weighted by Crippen LogP contribution is -2.39. The Morgan fingerprint density at radius 2 is 2.04 bits per heavy atom. The molecule has 7 heteroatoms. The zero-order valence-electron chi connectivity index (χ0n) is 15.9. The Kier molecular flexibility index (Phi) is 5.69. The van der Waals surface area contributed by atoms with E-state index in [1.54, 1.807) is 11.0 Å². The predicted octanol–water partition coefficient (Wildman–Crippen LogP) is 2.69. The third kappa shape index (κ3) is 4.61. The van der Waals surface area contributed by atoms with E-state index in [0.717, 1.165) is 29.8 Å². The van der Waals surface area contributed by atoms with Crippen LogP contribution in [-0.4, -0.2) is 39.8 Å². The number of nitrogens with zero attached hydrogens (tertiary/aromatic N) is 3. The van der Waals surface area contributed by atoms with E-state index >= 15 is 0 Å². The molecule has 0 saturated carbocycles. The van der Waals surface area contributed by atoms with Crippen LogP contribution in [-0.2, 0) is 9.59 Å². The molecular formula is C20H24N4O3. The number of aryl methyl sites for hydroxylation is 2. The molecule has 1 N–H and O–H groups in total. The molecule has 0 spiro atoms. The van der Waals surface area contributed by atoms with Crippen molar-refractivity contribution in [3.63, 3.8) is 0 Å². The number of aromatic nitrogens is 2. The van der Waals surface area contributed by atoms with E-state index < -0.39 is 0 Å². The maximum Gasteiger partial charge on any atom is 0.242 e. The van der Waals surface area contributed by atoms with Crippen molar-refractivity contribution in [2.24, 2.45) is 0 Å². The number of carbonyl (C=O) groups excluding carboxylic acids is 2.